The lowest BCUT2D eigenvalue weighted by Gasteiger charge is -2.39. The molecule has 0 aromatic heterocycles. The number of aliphatic hydroxyl groups is 1. The second-order valence-corrected chi connectivity index (χ2v) is 12.3. The quantitative estimate of drug-likeness (QED) is 0.301. The minimum atomic E-state index is -1.18. The number of carbonyl (C=O) groups excluding carboxylic acids is 3. The van der Waals surface area contributed by atoms with Gasteiger partial charge in [0.25, 0.3) is 5.91 Å². The molecule has 3 aliphatic rings. The number of rotatable bonds is 12. The van der Waals surface area contributed by atoms with Crippen molar-refractivity contribution in [3.63, 3.8) is 0 Å². The molecule has 45 heavy (non-hydrogen) atoms. The summed E-state index contributed by atoms with van der Waals surface area (Å²) in [6, 6.07) is 21.9. The fourth-order valence-electron chi connectivity index (χ4n) is 7.81. The number of aliphatic hydroxyl groups excluding tert-OH is 1. The molecule has 2 bridgehead atoms. The molecule has 1 N–H and O–H groups in total. The van der Waals surface area contributed by atoms with Gasteiger partial charge in [-0.2, -0.15) is 0 Å². The first-order valence-corrected chi connectivity index (χ1v) is 15.8. The van der Waals surface area contributed by atoms with Gasteiger partial charge in [-0.05, 0) is 47.7 Å². The van der Waals surface area contributed by atoms with Gasteiger partial charge in [-0.15, -0.1) is 13.2 Å². The van der Waals surface area contributed by atoms with E-state index in [9.17, 15) is 19.5 Å². The molecule has 1 spiro atoms. The summed E-state index contributed by atoms with van der Waals surface area (Å²) < 4.78 is 6.71. The van der Waals surface area contributed by atoms with Gasteiger partial charge in [0.1, 0.15) is 11.6 Å². The Morgan fingerprint density at radius 3 is 2.42 bits per heavy atom. The molecule has 3 aliphatic heterocycles. The summed E-state index contributed by atoms with van der Waals surface area (Å²) in [7, 11) is 0. The first kappa shape index (κ1) is 30.7. The van der Waals surface area contributed by atoms with Crippen molar-refractivity contribution >= 4 is 34.2 Å². The summed E-state index contributed by atoms with van der Waals surface area (Å²) in [6.07, 6.45) is 4.38. The Balaban J connectivity index is 1.40. The minimum absolute atomic E-state index is 0.175. The molecular weight excluding hydrogens is 566 g/mol. The van der Waals surface area contributed by atoms with Crippen LogP contribution in [0.25, 0.3) is 10.8 Å². The highest BCUT2D eigenvalue weighted by atomic mass is 16.5. The van der Waals surface area contributed by atoms with Crippen LogP contribution in [0, 0.1) is 11.8 Å². The number of ether oxygens (including phenoxy) is 1. The number of anilines is 1. The van der Waals surface area contributed by atoms with E-state index in [1.165, 1.54) is 0 Å². The number of likely N-dealkylation sites (tertiary alicyclic amines) is 1. The molecule has 3 fully saturated rings. The highest BCUT2D eigenvalue weighted by molar-refractivity contribution is 6.06. The van der Waals surface area contributed by atoms with Crippen molar-refractivity contribution in [2.24, 2.45) is 11.8 Å². The molecule has 3 saturated heterocycles. The molecule has 0 aliphatic carbocycles. The minimum Gasteiger partial charge on any atom is -0.394 e. The van der Waals surface area contributed by atoms with Crippen LogP contribution < -0.4 is 4.90 Å². The first-order chi connectivity index (χ1) is 21.9. The van der Waals surface area contributed by atoms with Crippen LogP contribution in [-0.2, 0) is 25.7 Å². The Morgan fingerprint density at radius 1 is 1.02 bits per heavy atom. The monoisotopic (exact) mass is 607 g/mol. The topological polar surface area (TPSA) is 90.4 Å². The number of hydrogen-bond acceptors (Lipinski definition) is 5. The fraction of sp³-hybridized carbons (Fsp3) is 0.378. The number of hydrogen-bond donors (Lipinski definition) is 1. The van der Waals surface area contributed by atoms with Gasteiger partial charge in [-0.25, -0.2) is 0 Å². The molecule has 0 saturated carbocycles. The average Bonchev–Trinajstić information content (AvgIpc) is 3.71. The smallest absolute Gasteiger partial charge is 0.253 e. The van der Waals surface area contributed by atoms with Gasteiger partial charge >= 0.3 is 0 Å². The van der Waals surface area contributed by atoms with E-state index in [0.717, 1.165) is 16.3 Å². The highest BCUT2D eigenvalue weighted by Gasteiger charge is 2.75. The van der Waals surface area contributed by atoms with E-state index in [0.29, 0.717) is 38.0 Å². The Kier molecular flexibility index (Phi) is 8.62. The van der Waals surface area contributed by atoms with Gasteiger partial charge in [-0.3, -0.25) is 14.4 Å². The van der Waals surface area contributed by atoms with Crippen LogP contribution in [0.1, 0.15) is 31.7 Å². The Morgan fingerprint density at radius 2 is 1.73 bits per heavy atom. The van der Waals surface area contributed by atoms with Crippen molar-refractivity contribution in [1.82, 2.24) is 9.80 Å². The largest absolute Gasteiger partial charge is 0.394 e. The second kappa shape index (κ2) is 12.6. The van der Waals surface area contributed by atoms with Crippen LogP contribution in [0.5, 0.6) is 0 Å². The molecule has 2 unspecified atom stereocenters. The lowest BCUT2D eigenvalue weighted by atomic mass is 9.70. The normalized spacial score (nSPS) is 25.6. The maximum atomic E-state index is 14.9. The summed E-state index contributed by atoms with van der Waals surface area (Å²) in [5, 5.41) is 12.5. The lowest BCUT2D eigenvalue weighted by molar-refractivity contribution is -0.147. The van der Waals surface area contributed by atoms with Crippen molar-refractivity contribution in [1.29, 1.82) is 0 Å². The van der Waals surface area contributed by atoms with E-state index >= 15 is 0 Å². The molecule has 0 radical (unpaired) electrons. The SMILES string of the molecule is C=CCN(Cc1ccccc1)C(=O)[C@@H]1[C@H]2C(=O)N([C@@H](CC)CO)C(C(=O)N(CC=C)c3ccc4ccccc4c3)C23CC[C@H]1O3. The number of fused-ring (bicyclic) bond motifs is 2. The summed E-state index contributed by atoms with van der Waals surface area (Å²) in [5.41, 5.74) is 0.480. The van der Waals surface area contributed by atoms with Crippen LogP contribution in [0.3, 0.4) is 0 Å². The first-order valence-electron chi connectivity index (χ1n) is 15.8. The predicted molar refractivity (Wildman–Crippen MR) is 174 cm³/mol. The molecular formula is C37H41N3O5. The Hall–Kier alpha value is -4.27. The van der Waals surface area contributed by atoms with Crippen LogP contribution in [0.4, 0.5) is 5.69 Å². The van der Waals surface area contributed by atoms with Crippen LogP contribution in [0.2, 0.25) is 0 Å². The third kappa shape index (κ3) is 5.16. The van der Waals surface area contributed by atoms with Gasteiger partial charge in [0.05, 0.1) is 30.6 Å². The molecule has 3 amide bonds. The molecule has 6 rings (SSSR count). The Labute approximate surface area is 264 Å². The summed E-state index contributed by atoms with van der Waals surface area (Å²) >= 11 is 0. The van der Waals surface area contributed by atoms with E-state index < -0.39 is 35.6 Å². The van der Waals surface area contributed by atoms with Crippen molar-refractivity contribution in [3.05, 3.63) is 104 Å². The van der Waals surface area contributed by atoms with Gasteiger partial charge in [0.2, 0.25) is 11.8 Å². The summed E-state index contributed by atoms with van der Waals surface area (Å²) in [5.74, 6) is -2.34. The van der Waals surface area contributed by atoms with Crippen molar-refractivity contribution < 1.29 is 24.2 Å². The van der Waals surface area contributed by atoms with E-state index in [-0.39, 0.29) is 30.9 Å². The van der Waals surface area contributed by atoms with E-state index in [1.54, 1.807) is 26.9 Å². The molecule has 8 heteroatoms. The maximum absolute atomic E-state index is 14.9. The van der Waals surface area contributed by atoms with E-state index in [1.807, 2.05) is 79.7 Å². The highest BCUT2D eigenvalue weighted by Crippen LogP contribution is 2.59. The summed E-state index contributed by atoms with van der Waals surface area (Å²) in [6.45, 7) is 10.3. The van der Waals surface area contributed by atoms with Crippen LogP contribution >= 0.6 is 0 Å². The van der Waals surface area contributed by atoms with E-state index in [2.05, 4.69) is 13.2 Å². The molecule has 3 heterocycles. The molecule has 234 valence electrons. The van der Waals surface area contributed by atoms with Gasteiger partial charge in [0.15, 0.2) is 0 Å². The zero-order chi connectivity index (χ0) is 31.7. The van der Waals surface area contributed by atoms with Crippen LogP contribution in [0.15, 0.2) is 98.1 Å². The van der Waals surface area contributed by atoms with Gasteiger partial charge in [0, 0.05) is 25.3 Å². The molecule has 3 aromatic carbocycles. The standard InChI is InChI=1S/C37H41N3O5/c1-4-20-38(23-25-12-8-7-9-13-25)34(42)31-30-18-19-37(45-30)32(31)35(43)40(28(6-3)24-41)33(37)36(44)39(21-5-2)29-17-16-26-14-10-11-15-27(26)22-29/h4-5,7-17,22,28,30-33,41H,1-2,6,18-21,23-24H2,3H3/t28-,30+,31-,32-,33?,37?/m0/s1. The zero-order valence-electron chi connectivity index (χ0n) is 25.8. The number of benzene rings is 3. The van der Waals surface area contributed by atoms with Gasteiger partial charge < -0.3 is 24.5 Å². The zero-order valence-corrected chi connectivity index (χ0v) is 25.8. The molecule has 6 atom stereocenters. The van der Waals surface area contributed by atoms with Crippen LogP contribution in [-0.4, -0.2) is 76.1 Å². The van der Waals surface area contributed by atoms with E-state index in [4.69, 9.17) is 4.74 Å². The lowest BCUT2D eigenvalue weighted by Crippen LogP contribution is -2.59. The average molecular weight is 608 g/mol. The number of carbonyl (C=O) groups is 3. The third-order valence-electron chi connectivity index (χ3n) is 9.83. The summed E-state index contributed by atoms with van der Waals surface area (Å²) in [4.78, 5) is 48.7. The number of amides is 3. The van der Waals surface area contributed by atoms with Gasteiger partial charge in [-0.1, -0.05) is 79.7 Å². The molecule has 8 nitrogen and oxygen atoms in total. The molecule has 3 aromatic rings. The number of nitrogens with zero attached hydrogens (tertiary/aromatic N) is 3. The fourth-order valence-corrected chi connectivity index (χ4v) is 7.81. The maximum Gasteiger partial charge on any atom is 0.253 e. The second-order valence-electron chi connectivity index (χ2n) is 12.3. The van der Waals surface area contributed by atoms with Crippen molar-refractivity contribution in [2.75, 3.05) is 24.6 Å². The van der Waals surface area contributed by atoms with Crippen molar-refractivity contribution in [2.45, 2.75) is 56.5 Å². The van der Waals surface area contributed by atoms with Crippen molar-refractivity contribution in [3.8, 4) is 0 Å². The third-order valence-corrected chi connectivity index (χ3v) is 9.83. The predicted octanol–water partition coefficient (Wildman–Crippen LogP) is 4.72. The Bertz CT molecular complexity index is 1600.